The van der Waals surface area contributed by atoms with Gasteiger partial charge in [0.2, 0.25) is 0 Å². The fraction of sp³-hybridized carbons (Fsp3) is 0.417. The average molecular weight is 319 g/mol. The zero-order chi connectivity index (χ0) is 12.3. The van der Waals surface area contributed by atoms with E-state index in [-0.39, 0.29) is 12.0 Å². The Morgan fingerprint density at radius 2 is 2.29 bits per heavy atom. The summed E-state index contributed by atoms with van der Waals surface area (Å²) in [5.41, 5.74) is 0.677. The Balaban J connectivity index is 2.04. The predicted molar refractivity (Wildman–Crippen MR) is 71.4 cm³/mol. The minimum absolute atomic E-state index is 0.104. The maximum Gasteiger partial charge on any atom is 0.253 e. The maximum atomic E-state index is 11.9. The van der Waals surface area contributed by atoms with Gasteiger partial charge in [0.25, 0.3) is 5.91 Å². The summed E-state index contributed by atoms with van der Waals surface area (Å²) in [6.07, 6.45) is 2.51. The van der Waals surface area contributed by atoms with E-state index in [2.05, 4.69) is 21.2 Å². The second kappa shape index (κ2) is 5.85. The fourth-order valence-corrected chi connectivity index (χ4v) is 2.27. The number of hydrogen-bond acceptors (Lipinski definition) is 2. The van der Waals surface area contributed by atoms with Crippen LogP contribution in [0, 0.1) is 0 Å². The zero-order valence-electron chi connectivity index (χ0n) is 9.21. The highest BCUT2D eigenvalue weighted by Crippen LogP contribution is 2.26. The van der Waals surface area contributed by atoms with Crippen molar-refractivity contribution in [2.75, 3.05) is 11.9 Å². The molecule has 1 heterocycles. The van der Waals surface area contributed by atoms with Crippen LogP contribution in [-0.2, 0) is 9.53 Å². The quantitative estimate of drug-likeness (QED) is 0.904. The molecule has 1 aliphatic rings. The van der Waals surface area contributed by atoms with Gasteiger partial charge >= 0.3 is 0 Å². The number of amides is 1. The normalized spacial score (nSPS) is 20.0. The molecule has 1 amide bonds. The Morgan fingerprint density at radius 3 is 3.00 bits per heavy atom. The van der Waals surface area contributed by atoms with Crippen LogP contribution in [0.3, 0.4) is 0 Å². The standard InChI is InChI=1S/C12H13BrClNO2/c13-9-5-4-8(14)7-10(9)15-12(16)11-3-1-2-6-17-11/h4-5,7,11H,1-3,6H2,(H,15,16). The molecule has 0 radical (unpaired) electrons. The van der Waals surface area contributed by atoms with Crippen molar-refractivity contribution in [1.29, 1.82) is 0 Å². The van der Waals surface area contributed by atoms with Crippen molar-refractivity contribution >= 4 is 39.1 Å². The largest absolute Gasteiger partial charge is 0.368 e. The third kappa shape index (κ3) is 3.44. The zero-order valence-corrected chi connectivity index (χ0v) is 11.6. The lowest BCUT2D eigenvalue weighted by atomic mass is 10.1. The van der Waals surface area contributed by atoms with Crippen LogP contribution in [0.4, 0.5) is 5.69 Å². The minimum atomic E-state index is -0.338. The summed E-state index contributed by atoms with van der Waals surface area (Å²) < 4.78 is 6.23. The number of anilines is 1. The smallest absolute Gasteiger partial charge is 0.253 e. The van der Waals surface area contributed by atoms with Crippen molar-refractivity contribution in [2.24, 2.45) is 0 Å². The monoisotopic (exact) mass is 317 g/mol. The van der Waals surface area contributed by atoms with Crippen LogP contribution in [0.15, 0.2) is 22.7 Å². The molecule has 3 nitrogen and oxygen atoms in total. The summed E-state index contributed by atoms with van der Waals surface area (Å²) in [5.74, 6) is -0.104. The van der Waals surface area contributed by atoms with E-state index in [0.29, 0.717) is 17.3 Å². The SMILES string of the molecule is O=C(Nc1cc(Cl)ccc1Br)C1CCCCO1. The van der Waals surface area contributed by atoms with Crippen molar-refractivity contribution in [2.45, 2.75) is 25.4 Å². The van der Waals surface area contributed by atoms with Crippen LogP contribution in [0.25, 0.3) is 0 Å². The van der Waals surface area contributed by atoms with E-state index >= 15 is 0 Å². The van der Waals surface area contributed by atoms with Gasteiger partial charge in [0.05, 0.1) is 5.69 Å². The van der Waals surface area contributed by atoms with Gasteiger partial charge in [-0.2, -0.15) is 0 Å². The van der Waals surface area contributed by atoms with E-state index in [1.54, 1.807) is 18.2 Å². The van der Waals surface area contributed by atoms with Crippen molar-refractivity contribution in [3.8, 4) is 0 Å². The van der Waals surface area contributed by atoms with E-state index in [1.807, 2.05) is 0 Å². The fourth-order valence-electron chi connectivity index (χ4n) is 1.75. The lowest BCUT2D eigenvalue weighted by molar-refractivity contribution is -0.129. The first-order chi connectivity index (χ1) is 8.16. The second-order valence-corrected chi connectivity index (χ2v) is 5.26. The van der Waals surface area contributed by atoms with Crippen LogP contribution in [-0.4, -0.2) is 18.6 Å². The number of halogens is 2. The van der Waals surface area contributed by atoms with E-state index in [1.165, 1.54) is 0 Å². The topological polar surface area (TPSA) is 38.3 Å². The third-order valence-electron chi connectivity index (χ3n) is 2.66. The first-order valence-electron chi connectivity index (χ1n) is 5.54. The minimum Gasteiger partial charge on any atom is -0.368 e. The van der Waals surface area contributed by atoms with Crippen LogP contribution in [0.1, 0.15) is 19.3 Å². The van der Waals surface area contributed by atoms with E-state index in [9.17, 15) is 4.79 Å². The lowest BCUT2D eigenvalue weighted by Gasteiger charge is -2.22. The molecule has 1 unspecified atom stereocenters. The second-order valence-electron chi connectivity index (χ2n) is 3.97. The van der Waals surface area contributed by atoms with E-state index in [0.717, 1.165) is 23.7 Å². The number of carbonyl (C=O) groups is 1. The summed E-state index contributed by atoms with van der Waals surface area (Å²) in [6.45, 7) is 0.662. The Bertz CT molecular complexity index is 419. The predicted octanol–water partition coefficient (Wildman–Crippen LogP) is 3.61. The molecule has 1 N–H and O–H groups in total. The molecule has 1 atom stereocenters. The highest BCUT2D eigenvalue weighted by Gasteiger charge is 2.22. The summed E-state index contributed by atoms with van der Waals surface area (Å²) in [5, 5.41) is 3.42. The number of carbonyl (C=O) groups excluding carboxylic acids is 1. The summed E-state index contributed by atoms with van der Waals surface area (Å²) in [7, 11) is 0. The van der Waals surface area contributed by atoms with Gasteiger partial charge < -0.3 is 10.1 Å². The first kappa shape index (κ1) is 12.9. The summed E-state index contributed by atoms with van der Waals surface area (Å²) in [6, 6.07) is 5.28. The number of ether oxygens (including phenoxy) is 1. The molecule has 0 bridgehead atoms. The molecular weight excluding hydrogens is 305 g/mol. The van der Waals surface area contributed by atoms with Gasteiger partial charge in [0.15, 0.2) is 0 Å². The third-order valence-corrected chi connectivity index (χ3v) is 3.58. The van der Waals surface area contributed by atoms with E-state index in [4.69, 9.17) is 16.3 Å². The van der Waals surface area contributed by atoms with Crippen molar-refractivity contribution in [3.05, 3.63) is 27.7 Å². The molecule has 92 valence electrons. The van der Waals surface area contributed by atoms with Gasteiger partial charge in [-0.05, 0) is 53.4 Å². The number of nitrogens with one attached hydrogen (secondary N) is 1. The molecule has 0 saturated carbocycles. The molecule has 1 saturated heterocycles. The Kier molecular flexibility index (Phi) is 4.42. The number of hydrogen-bond donors (Lipinski definition) is 1. The molecule has 0 aliphatic carbocycles. The molecule has 1 fully saturated rings. The summed E-state index contributed by atoms with van der Waals surface area (Å²) in [4.78, 5) is 11.9. The Labute approximate surface area is 114 Å². The Hall–Kier alpha value is -0.580. The molecule has 1 aromatic carbocycles. The average Bonchev–Trinajstić information content (AvgIpc) is 2.35. The van der Waals surface area contributed by atoms with Gasteiger partial charge in [-0.15, -0.1) is 0 Å². The van der Waals surface area contributed by atoms with E-state index < -0.39 is 0 Å². The van der Waals surface area contributed by atoms with Crippen LogP contribution < -0.4 is 5.32 Å². The molecule has 1 aromatic rings. The van der Waals surface area contributed by atoms with Gasteiger partial charge in [-0.3, -0.25) is 4.79 Å². The summed E-state index contributed by atoms with van der Waals surface area (Å²) >= 11 is 9.25. The molecular formula is C12H13BrClNO2. The van der Waals surface area contributed by atoms with Crippen LogP contribution >= 0.6 is 27.5 Å². The molecule has 0 aromatic heterocycles. The van der Waals surface area contributed by atoms with Crippen molar-refractivity contribution < 1.29 is 9.53 Å². The number of benzene rings is 1. The van der Waals surface area contributed by atoms with Crippen molar-refractivity contribution in [1.82, 2.24) is 0 Å². The van der Waals surface area contributed by atoms with Crippen molar-refractivity contribution in [3.63, 3.8) is 0 Å². The highest BCUT2D eigenvalue weighted by atomic mass is 79.9. The van der Waals surface area contributed by atoms with Gasteiger partial charge in [-0.25, -0.2) is 0 Å². The molecule has 17 heavy (non-hydrogen) atoms. The van der Waals surface area contributed by atoms with Gasteiger partial charge in [-0.1, -0.05) is 11.6 Å². The van der Waals surface area contributed by atoms with Crippen LogP contribution in [0.2, 0.25) is 5.02 Å². The molecule has 0 spiro atoms. The number of rotatable bonds is 2. The lowest BCUT2D eigenvalue weighted by Crippen LogP contribution is -2.33. The first-order valence-corrected chi connectivity index (χ1v) is 6.71. The molecule has 2 rings (SSSR count). The van der Waals surface area contributed by atoms with Gasteiger partial charge in [0.1, 0.15) is 6.10 Å². The Morgan fingerprint density at radius 1 is 1.47 bits per heavy atom. The van der Waals surface area contributed by atoms with Crippen LogP contribution in [0.5, 0.6) is 0 Å². The molecule has 1 aliphatic heterocycles. The van der Waals surface area contributed by atoms with Gasteiger partial charge in [0, 0.05) is 16.1 Å². The molecule has 5 heteroatoms. The maximum absolute atomic E-state index is 11.9. The highest BCUT2D eigenvalue weighted by molar-refractivity contribution is 9.10.